The molecule has 0 aliphatic heterocycles. The lowest BCUT2D eigenvalue weighted by Crippen LogP contribution is -2.07. The standard InChI is InChI=1S/C8H8IN5O/c9-6-3-10-4-13-8(6)11-2-1-7-12-5-14-15-7/h3-5H,1-2H2,(H,10,11,13). The fourth-order valence-corrected chi connectivity index (χ4v) is 1.53. The highest BCUT2D eigenvalue weighted by atomic mass is 127. The van der Waals surface area contributed by atoms with E-state index in [2.05, 4.69) is 48.0 Å². The van der Waals surface area contributed by atoms with Crippen LogP contribution in [-0.2, 0) is 6.42 Å². The number of anilines is 1. The summed E-state index contributed by atoms with van der Waals surface area (Å²) < 4.78 is 5.85. The summed E-state index contributed by atoms with van der Waals surface area (Å²) >= 11 is 2.17. The molecule has 0 spiro atoms. The van der Waals surface area contributed by atoms with E-state index in [9.17, 15) is 0 Å². The van der Waals surface area contributed by atoms with Crippen LogP contribution in [0.1, 0.15) is 5.89 Å². The van der Waals surface area contributed by atoms with E-state index in [-0.39, 0.29) is 0 Å². The zero-order valence-electron chi connectivity index (χ0n) is 7.72. The Balaban J connectivity index is 1.86. The molecule has 1 N–H and O–H groups in total. The van der Waals surface area contributed by atoms with Gasteiger partial charge in [0, 0.05) is 19.2 Å². The predicted octanol–water partition coefficient (Wildman–Crippen LogP) is 1.12. The molecule has 2 aromatic rings. The number of hydrogen-bond donors (Lipinski definition) is 1. The third-order valence-corrected chi connectivity index (χ3v) is 2.50. The van der Waals surface area contributed by atoms with Crippen LogP contribution in [0.25, 0.3) is 0 Å². The lowest BCUT2D eigenvalue weighted by Gasteiger charge is -2.04. The Labute approximate surface area is 99.7 Å². The van der Waals surface area contributed by atoms with Crippen LogP contribution in [0.5, 0.6) is 0 Å². The van der Waals surface area contributed by atoms with Gasteiger partial charge in [0.05, 0.1) is 3.57 Å². The molecule has 0 radical (unpaired) electrons. The largest absolute Gasteiger partial charge is 0.369 e. The summed E-state index contributed by atoms with van der Waals surface area (Å²) in [7, 11) is 0. The summed E-state index contributed by atoms with van der Waals surface area (Å²) in [5.74, 6) is 1.44. The Hall–Kier alpha value is -1.25. The van der Waals surface area contributed by atoms with E-state index in [1.165, 1.54) is 12.7 Å². The third kappa shape index (κ3) is 2.85. The van der Waals surface area contributed by atoms with Crippen molar-refractivity contribution in [2.24, 2.45) is 0 Å². The molecular weight excluding hydrogens is 309 g/mol. The molecule has 78 valence electrons. The minimum absolute atomic E-state index is 0.617. The number of halogens is 1. The molecule has 7 heteroatoms. The highest BCUT2D eigenvalue weighted by Gasteiger charge is 2.01. The van der Waals surface area contributed by atoms with Crippen molar-refractivity contribution >= 4 is 28.4 Å². The number of nitrogens with one attached hydrogen (secondary N) is 1. The summed E-state index contributed by atoms with van der Waals surface area (Å²) in [5, 5.41) is 6.69. The average molecular weight is 317 g/mol. The van der Waals surface area contributed by atoms with Crippen molar-refractivity contribution in [1.82, 2.24) is 20.1 Å². The topological polar surface area (TPSA) is 76.7 Å². The molecular formula is C8H8IN5O. The first kappa shape index (κ1) is 10.3. The Morgan fingerprint density at radius 1 is 1.33 bits per heavy atom. The van der Waals surface area contributed by atoms with Gasteiger partial charge in [0.15, 0.2) is 6.33 Å². The first-order valence-corrected chi connectivity index (χ1v) is 5.39. The van der Waals surface area contributed by atoms with Gasteiger partial charge in [-0.15, -0.1) is 0 Å². The summed E-state index contributed by atoms with van der Waals surface area (Å²) in [6, 6.07) is 0. The zero-order valence-corrected chi connectivity index (χ0v) is 9.88. The van der Waals surface area contributed by atoms with Crippen LogP contribution < -0.4 is 5.32 Å². The van der Waals surface area contributed by atoms with Crippen molar-refractivity contribution in [3.63, 3.8) is 0 Å². The van der Waals surface area contributed by atoms with Crippen LogP contribution in [0.4, 0.5) is 5.82 Å². The minimum atomic E-state index is 0.617. The molecule has 0 unspecified atom stereocenters. The average Bonchev–Trinajstić information content (AvgIpc) is 2.74. The maximum atomic E-state index is 4.87. The molecule has 0 fully saturated rings. The lowest BCUT2D eigenvalue weighted by atomic mass is 10.4. The van der Waals surface area contributed by atoms with E-state index >= 15 is 0 Å². The molecule has 0 aliphatic rings. The first-order valence-electron chi connectivity index (χ1n) is 4.31. The van der Waals surface area contributed by atoms with Gasteiger partial charge in [-0.2, -0.15) is 4.98 Å². The van der Waals surface area contributed by atoms with Gasteiger partial charge < -0.3 is 9.84 Å². The fraction of sp³-hybridized carbons (Fsp3) is 0.250. The van der Waals surface area contributed by atoms with Gasteiger partial charge in [0.2, 0.25) is 5.89 Å². The van der Waals surface area contributed by atoms with E-state index < -0.39 is 0 Å². The molecule has 0 atom stereocenters. The molecule has 2 heterocycles. The maximum Gasteiger partial charge on any atom is 0.228 e. The van der Waals surface area contributed by atoms with Crippen LogP contribution in [0.3, 0.4) is 0 Å². The second-order valence-electron chi connectivity index (χ2n) is 2.73. The summed E-state index contributed by atoms with van der Waals surface area (Å²) in [6.45, 7) is 0.704. The lowest BCUT2D eigenvalue weighted by molar-refractivity contribution is 0.379. The molecule has 0 amide bonds. The van der Waals surface area contributed by atoms with Crippen molar-refractivity contribution in [3.05, 3.63) is 28.3 Å². The Bertz CT molecular complexity index is 419. The number of hydrogen-bond acceptors (Lipinski definition) is 6. The predicted molar refractivity (Wildman–Crippen MR) is 61.2 cm³/mol. The number of nitrogens with zero attached hydrogens (tertiary/aromatic N) is 4. The summed E-state index contributed by atoms with van der Waals surface area (Å²) in [4.78, 5) is 11.9. The van der Waals surface area contributed by atoms with Gasteiger partial charge >= 0.3 is 0 Å². The highest BCUT2D eigenvalue weighted by Crippen LogP contribution is 2.11. The van der Waals surface area contributed by atoms with Gasteiger partial charge in [-0.05, 0) is 22.6 Å². The second-order valence-corrected chi connectivity index (χ2v) is 3.89. The van der Waals surface area contributed by atoms with Gasteiger partial charge in [0.25, 0.3) is 0 Å². The van der Waals surface area contributed by atoms with Crippen molar-refractivity contribution < 1.29 is 4.52 Å². The van der Waals surface area contributed by atoms with E-state index in [1.807, 2.05) is 0 Å². The Kier molecular flexibility index (Phi) is 3.43. The summed E-state index contributed by atoms with van der Waals surface area (Å²) in [6.07, 6.45) is 5.34. The van der Waals surface area contributed by atoms with Crippen LogP contribution in [0.2, 0.25) is 0 Å². The van der Waals surface area contributed by atoms with E-state index in [4.69, 9.17) is 4.52 Å². The maximum absolute atomic E-state index is 4.87. The normalized spacial score (nSPS) is 10.2. The van der Waals surface area contributed by atoms with Gasteiger partial charge in [-0.3, -0.25) is 0 Å². The van der Waals surface area contributed by atoms with E-state index in [1.54, 1.807) is 6.20 Å². The van der Waals surface area contributed by atoms with Crippen LogP contribution in [0, 0.1) is 3.57 Å². The van der Waals surface area contributed by atoms with Crippen LogP contribution in [0.15, 0.2) is 23.4 Å². The monoisotopic (exact) mass is 317 g/mol. The molecule has 2 rings (SSSR count). The molecule has 15 heavy (non-hydrogen) atoms. The van der Waals surface area contributed by atoms with E-state index in [0.717, 1.165) is 9.39 Å². The SMILES string of the molecule is Ic1cncnc1NCCc1ncno1. The minimum Gasteiger partial charge on any atom is -0.369 e. The molecule has 2 aromatic heterocycles. The van der Waals surface area contributed by atoms with Crippen molar-refractivity contribution in [2.45, 2.75) is 6.42 Å². The molecule has 0 saturated heterocycles. The van der Waals surface area contributed by atoms with Crippen LogP contribution in [-0.4, -0.2) is 26.7 Å². The van der Waals surface area contributed by atoms with Gasteiger partial charge in [-0.1, -0.05) is 5.16 Å². The third-order valence-electron chi connectivity index (χ3n) is 1.71. The van der Waals surface area contributed by atoms with Gasteiger partial charge in [-0.25, -0.2) is 9.97 Å². The smallest absolute Gasteiger partial charge is 0.228 e. The fourth-order valence-electron chi connectivity index (χ4n) is 1.04. The number of rotatable bonds is 4. The van der Waals surface area contributed by atoms with Crippen molar-refractivity contribution in [2.75, 3.05) is 11.9 Å². The highest BCUT2D eigenvalue weighted by molar-refractivity contribution is 14.1. The van der Waals surface area contributed by atoms with Gasteiger partial charge in [0.1, 0.15) is 12.1 Å². The summed E-state index contributed by atoms with van der Waals surface area (Å²) in [5.41, 5.74) is 0. The molecule has 0 saturated carbocycles. The molecule has 6 nitrogen and oxygen atoms in total. The number of aromatic nitrogens is 4. The first-order chi connectivity index (χ1) is 7.36. The molecule has 0 aliphatic carbocycles. The van der Waals surface area contributed by atoms with E-state index in [0.29, 0.717) is 18.9 Å². The van der Waals surface area contributed by atoms with Crippen LogP contribution >= 0.6 is 22.6 Å². The zero-order chi connectivity index (χ0) is 10.5. The van der Waals surface area contributed by atoms with Crippen molar-refractivity contribution in [1.29, 1.82) is 0 Å². The Morgan fingerprint density at radius 3 is 3.00 bits per heavy atom. The van der Waals surface area contributed by atoms with Crippen molar-refractivity contribution in [3.8, 4) is 0 Å². The molecule has 0 bridgehead atoms. The second kappa shape index (κ2) is 5.01. The quantitative estimate of drug-likeness (QED) is 0.852. The molecule has 0 aromatic carbocycles. The Morgan fingerprint density at radius 2 is 2.27 bits per heavy atom.